The second kappa shape index (κ2) is 7.22. The van der Waals surface area contributed by atoms with Crippen LogP contribution in [0.3, 0.4) is 0 Å². The summed E-state index contributed by atoms with van der Waals surface area (Å²) in [6.07, 6.45) is 0. The third-order valence-corrected chi connectivity index (χ3v) is 4.16. The van der Waals surface area contributed by atoms with Crippen molar-refractivity contribution in [1.29, 1.82) is 0 Å². The van der Waals surface area contributed by atoms with Crippen LogP contribution in [0.4, 0.5) is 0 Å². The molecule has 0 radical (unpaired) electrons. The molecular weight excluding hydrogens is 338 g/mol. The van der Waals surface area contributed by atoms with Crippen LogP contribution in [0.5, 0.6) is 0 Å². The van der Waals surface area contributed by atoms with E-state index in [2.05, 4.69) is 4.98 Å². The highest BCUT2D eigenvalue weighted by Gasteiger charge is 2.23. The quantitative estimate of drug-likeness (QED) is 0.503. The topological polar surface area (TPSA) is 60.2 Å². The molecule has 0 spiro atoms. The first kappa shape index (κ1) is 16.7. The van der Waals surface area contributed by atoms with Crippen molar-refractivity contribution >= 4 is 5.78 Å². The Balaban J connectivity index is 1.96. The van der Waals surface area contributed by atoms with Crippen molar-refractivity contribution in [3.05, 3.63) is 112 Å². The number of carbonyl (C=O) groups is 1. The number of carbonyl (C=O) groups excluding carboxylic acids is 1. The number of benzene rings is 3. The summed E-state index contributed by atoms with van der Waals surface area (Å²) in [7, 11) is 0. The van der Waals surface area contributed by atoms with E-state index in [1.165, 1.54) is 0 Å². The van der Waals surface area contributed by atoms with Gasteiger partial charge in [0, 0.05) is 16.7 Å². The summed E-state index contributed by atoms with van der Waals surface area (Å²) in [5.74, 6) is 0.00249. The van der Waals surface area contributed by atoms with Crippen LogP contribution in [-0.4, -0.2) is 10.8 Å². The van der Waals surface area contributed by atoms with Gasteiger partial charge in [-0.2, -0.15) is 4.98 Å². The molecule has 0 bridgehead atoms. The highest BCUT2D eigenvalue weighted by molar-refractivity contribution is 6.11. The van der Waals surface area contributed by atoms with Crippen molar-refractivity contribution in [2.45, 2.75) is 0 Å². The first-order chi connectivity index (χ1) is 13.2. The van der Waals surface area contributed by atoms with E-state index in [1.54, 1.807) is 48.5 Å². The maximum atomic E-state index is 13.0. The molecule has 0 aliphatic rings. The molecule has 4 rings (SSSR count). The Bertz CT molecular complexity index is 1130. The third-order valence-electron chi connectivity index (χ3n) is 4.16. The molecule has 0 saturated heterocycles. The van der Waals surface area contributed by atoms with Crippen molar-refractivity contribution in [3.8, 4) is 22.8 Å². The minimum Gasteiger partial charge on any atom is -0.437 e. The summed E-state index contributed by atoms with van der Waals surface area (Å²) in [5, 5.41) is 0. The third kappa shape index (κ3) is 3.33. The van der Waals surface area contributed by atoms with E-state index in [4.69, 9.17) is 4.42 Å². The number of ketones is 1. The molecule has 0 atom stereocenters. The summed E-state index contributed by atoms with van der Waals surface area (Å²) in [5.41, 5.74) is 1.06. The second-order valence-corrected chi connectivity index (χ2v) is 5.96. The minimum absolute atomic E-state index is 0.0629. The summed E-state index contributed by atoms with van der Waals surface area (Å²) in [6, 6.07) is 26.9. The van der Waals surface area contributed by atoms with E-state index in [-0.39, 0.29) is 17.2 Å². The first-order valence-electron chi connectivity index (χ1n) is 8.50. The number of rotatable bonds is 4. The molecule has 0 N–H and O–H groups in total. The fraction of sp³-hybridized carbons (Fsp3) is 0. The maximum absolute atomic E-state index is 13.0. The lowest BCUT2D eigenvalue weighted by atomic mass is 10.00. The van der Waals surface area contributed by atoms with Crippen molar-refractivity contribution in [1.82, 2.24) is 4.98 Å². The molecule has 0 fully saturated rings. The number of aromatic nitrogens is 1. The zero-order chi connectivity index (χ0) is 18.6. The molecule has 4 aromatic rings. The van der Waals surface area contributed by atoms with Crippen LogP contribution >= 0.6 is 0 Å². The largest absolute Gasteiger partial charge is 0.437 e. The lowest BCUT2D eigenvalue weighted by Crippen LogP contribution is -2.20. The molecular formula is C23H15NO3. The summed E-state index contributed by atoms with van der Waals surface area (Å²) in [6.45, 7) is 0. The normalized spacial score (nSPS) is 10.5. The van der Waals surface area contributed by atoms with Crippen LogP contribution in [0.2, 0.25) is 0 Å². The minimum atomic E-state index is -0.604. The maximum Gasteiger partial charge on any atom is 0.288 e. The zero-order valence-corrected chi connectivity index (χ0v) is 14.3. The van der Waals surface area contributed by atoms with Gasteiger partial charge in [-0.25, -0.2) is 0 Å². The Kier molecular flexibility index (Phi) is 4.45. The Hall–Kier alpha value is -3.79. The standard InChI is InChI=1S/C23H15NO3/c25-20(16-10-4-1-5-11-16)19-21(17-12-6-2-7-13-17)27-23(24-22(19)26)18-14-8-3-9-15-18/h1-15H. The Labute approximate surface area is 155 Å². The lowest BCUT2D eigenvalue weighted by molar-refractivity contribution is 0.103. The van der Waals surface area contributed by atoms with Crippen LogP contribution in [0.1, 0.15) is 15.9 Å². The summed E-state index contributed by atoms with van der Waals surface area (Å²) in [4.78, 5) is 29.9. The Morgan fingerprint density at radius 3 is 1.81 bits per heavy atom. The number of hydrogen-bond donors (Lipinski definition) is 0. The van der Waals surface area contributed by atoms with Crippen molar-refractivity contribution in [3.63, 3.8) is 0 Å². The Morgan fingerprint density at radius 2 is 1.22 bits per heavy atom. The molecule has 1 aromatic heterocycles. The van der Waals surface area contributed by atoms with Gasteiger partial charge in [0.1, 0.15) is 5.56 Å². The smallest absolute Gasteiger partial charge is 0.288 e. The van der Waals surface area contributed by atoms with Crippen LogP contribution in [0.25, 0.3) is 22.8 Å². The van der Waals surface area contributed by atoms with E-state index < -0.39 is 11.3 Å². The van der Waals surface area contributed by atoms with Crippen LogP contribution < -0.4 is 5.56 Å². The van der Waals surface area contributed by atoms with Gasteiger partial charge in [0.25, 0.3) is 5.56 Å². The van der Waals surface area contributed by atoms with E-state index in [0.717, 1.165) is 0 Å². The zero-order valence-electron chi connectivity index (χ0n) is 14.3. The van der Waals surface area contributed by atoms with Gasteiger partial charge in [0.15, 0.2) is 5.76 Å². The molecule has 0 amide bonds. The fourth-order valence-corrected chi connectivity index (χ4v) is 2.85. The van der Waals surface area contributed by atoms with E-state index >= 15 is 0 Å². The highest BCUT2D eigenvalue weighted by atomic mass is 16.3. The molecule has 4 nitrogen and oxygen atoms in total. The molecule has 0 aliphatic carbocycles. The molecule has 0 unspecified atom stereocenters. The van der Waals surface area contributed by atoms with Crippen LogP contribution in [-0.2, 0) is 0 Å². The van der Waals surface area contributed by atoms with Gasteiger partial charge < -0.3 is 4.42 Å². The van der Waals surface area contributed by atoms with E-state index in [0.29, 0.717) is 16.7 Å². The van der Waals surface area contributed by atoms with Gasteiger partial charge in [0.2, 0.25) is 11.7 Å². The average Bonchev–Trinajstić information content (AvgIpc) is 2.74. The van der Waals surface area contributed by atoms with Crippen LogP contribution in [0.15, 0.2) is 100 Å². The monoisotopic (exact) mass is 353 g/mol. The molecule has 4 heteroatoms. The molecule has 130 valence electrons. The van der Waals surface area contributed by atoms with Gasteiger partial charge >= 0.3 is 0 Å². The Morgan fingerprint density at radius 1 is 0.704 bits per heavy atom. The number of nitrogens with zero attached hydrogens (tertiary/aromatic N) is 1. The van der Waals surface area contributed by atoms with E-state index in [1.807, 2.05) is 42.5 Å². The second-order valence-electron chi connectivity index (χ2n) is 5.96. The predicted molar refractivity (Wildman–Crippen MR) is 104 cm³/mol. The number of hydrogen-bond acceptors (Lipinski definition) is 4. The van der Waals surface area contributed by atoms with Crippen molar-refractivity contribution < 1.29 is 9.21 Å². The van der Waals surface area contributed by atoms with Crippen LogP contribution in [0, 0.1) is 0 Å². The van der Waals surface area contributed by atoms with Gasteiger partial charge in [-0.1, -0.05) is 78.9 Å². The molecule has 0 saturated carbocycles. The van der Waals surface area contributed by atoms with Gasteiger partial charge in [-0.3, -0.25) is 9.59 Å². The van der Waals surface area contributed by atoms with Crippen molar-refractivity contribution in [2.24, 2.45) is 0 Å². The van der Waals surface area contributed by atoms with E-state index in [9.17, 15) is 9.59 Å². The van der Waals surface area contributed by atoms with Crippen molar-refractivity contribution in [2.75, 3.05) is 0 Å². The average molecular weight is 353 g/mol. The predicted octanol–water partition coefficient (Wildman–Crippen LogP) is 4.60. The fourth-order valence-electron chi connectivity index (χ4n) is 2.85. The lowest BCUT2D eigenvalue weighted by Gasteiger charge is -2.09. The molecule has 0 aliphatic heterocycles. The molecule has 27 heavy (non-hydrogen) atoms. The molecule has 1 heterocycles. The van der Waals surface area contributed by atoms with Gasteiger partial charge in [-0.15, -0.1) is 0 Å². The highest BCUT2D eigenvalue weighted by Crippen LogP contribution is 2.27. The summed E-state index contributed by atoms with van der Waals surface area (Å²) >= 11 is 0. The van der Waals surface area contributed by atoms with Gasteiger partial charge in [0.05, 0.1) is 0 Å². The molecule has 3 aromatic carbocycles. The summed E-state index contributed by atoms with van der Waals surface area (Å²) < 4.78 is 5.97. The first-order valence-corrected chi connectivity index (χ1v) is 8.50. The SMILES string of the molecule is O=C(c1ccccc1)c1c(-c2ccccc2)oc(-c2ccccc2)nc1=O. The van der Waals surface area contributed by atoms with Gasteiger partial charge in [-0.05, 0) is 12.1 Å².